The Balaban J connectivity index is 1.46. The van der Waals surface area contributed by atoms with Gasteiger partial charge in [0.25, 0.3) is 0 Å². The number of hydrogen-bond donors (Lipinski definition) is 1. The number of nitrogens with zero attached hydrogens (tertiary/aromatic N) is 2. The standard InChI is InChI=1S/C25H33N3O2/c1-30-22-13-11-19(12-14-22)18-28-16-5-3-9-21(28)17-24(23-10-2-4-15-26-23)27-25(29)20-7-6-8-20/h2,4,10-15,20-21,24H,3,5-9,16-18H2,1H3,(H,27,29)/t21-,24+/m0/s1. The van der Waals surface area contributed by atoms with Gasteiger partial charge in [-0.25, -0.2) is 0 Å². The van der Waals surface area contributed by atoms with Crippen molar-refractivity contribution < 1.29 is 9.53 Å². The summed E-state index contributed by atoms with van der Waals surface area (Å²) in [5.74, 6) is 1.29. The second-order valence-corrected chi connectivity index (χ2v) is 8.65. The molecule has 1 aliphatic heterocycles. The molecule has 2 atom stereocenters. The Kier molecular flexibility index (Phi) is 7.00. The topological polar surface area (TPSA) is 54.5 Å². The second-order valence-electron chi connectivity index (χ2n) is 8.65. The van der Waals surface area contributed by atoms with Crippen LogP contribution in [0.2, 0.25) is 0 Å². The van der Waals surface area contributed by atoms with Gasteiger partial charge < -0.3 is 10.1 Å². The van der Waals surface area contributed by atoms with Gasteiger partial charge in [-0.2, -0.15) is 0 Å². The fraction of sp³-hybridized carbons (Fsp3) is 0.520. The molecule has 2 heterocycles. The molecule has 0 radical (unpaired) electrons. The number of rotatable bonds is 8. The molecule has 0 bridgehead atoms. The zero-order chi connectivity index (χ0) is 20.8. The van der Waals surface area contributed by atoms with Gasteiger partial charge >= 0.3 is 0 Å². The van der Waals surface area contributed by atoms with Crippen molar-refractivity contribution in [2.24, 2.45) is 5.92 Å². The van der Waals surface area contributed by atoms with Crippen LogP contribution in [0, 0.1) is 5.92 Å². The molecule has 1 N–H and O–H groups in total. The molecule has 4 rings (SSSR count). The molecule has 1 saturated heterocycles. The van der Waals surface area contributed by atoms with Crippen LogP contribution in [-0.4, -0.2) is 35.5 Å². The van der Waals surface area contributed by atoms with E-state index in [1.165, 1.54) is 31.2 Å². The Bertz CT molecular complexity index is 805. The fourth-order valence-corrected chi connectivity index (χ4v) is 4.57. The minimum absolute atomic E-state index is 0.0271. The Hall–Kier alpha value is -2.40. The van der Waals surface area contributed by atoms with E-state index in [9.17, 15) is 4.79 Å². The van der Waals surface area contributed by atoms with Gasteiger partial charge in [-0.05, 0) is 68.5 Å². The summed E-state index contributed by atoms with van der Waals surface area (Å²) in [6.07, 6.45) is 9.59. The van der Waals surface area contributed by atoms with Crippen molar-refractivity contribution in [2.45, 2.75) is 63.6 Å². The highest BCUT2D eigenvalue weighted by atomic mass is 16.5. The first kappa shape index (κ1) is 20.9. The average molecular weight is 408 g/mol. The van der Waals surface area contributed by atoms with Gasteiger partial charge in [0.05, 0.1) is 18.8 Å². The summed E-state index contributed by atoms with van der Waals surface area (Å²) in [7, 11) is 1.70. The number of piperidine rings is 1. The van der Waals surface area contributed by atoms with Gasteiger partial charge in [-0.1, -0.05) is 31.0 Å². The van der Waals surface area contributed by atoms with Gasteiger partial charge in [-0.3, -0.25) is 14.7 Å². The van der Waals surface area contributed by atoms with Gasteiger partial charge in [0.1, 0.15) is 5.75 Å². The summed E-state index contributed by atoms with van der Waals surface area (Å²) >= 11 is 0. The first-order valence-electron chi connectivity index (χ1n) is 11.3. The monoisotopic (exact) mass is 407 g/mol. The van der Waals surface area contributed by atoms with Crippen molar-refractivity contribution in [3.05, 3.63) is 59.9 Å². The van der Waals surface area contributed by atoms with Crippen LogP contribution < -0.4 is 10.1 Å². The highest BCUT2D eigenvalue weighted by Gasteiger charge is 2.31. The molecule has 160 valence electrons. The van der Waals surface area contributed by atoms with Crippen LogP contribution in [0.25, 0.3) is 0 Å². The van der Waals surface area contributed by atoms with Gasteiger partial charge in [0.15, 0.2) is 0 Å². The molecule has 5 heteroatoms. The number of amides is 1. The molecule has 2 aliphatic rings. The molecule has 1 aromatic carbocycles. The van der Waals surface area contributed by atoms with Crippen LogP contribution in [0.1, 0.15) is 62.2 Å². The van der Waals surface area contributed by atoms with Crippen molar-refractivity contribution in [3.8, 4) is 5.75 Å². The zero-order valence-electron chi connectivity index (χ0n) is 17.9. The Morgan fingerprint density at radius 1 is 1.13 bits per heavy atom. The molecule has 2 fully saturated rings. The first-order chi connectivity index (χ1) is 14.7. The molecule has 0 spiro atoms. The Morgan fingerprint density at radius 3 is 2.63 bits per heavy atom. The SMILES string of the molecule is COc1ccc(CN2CCCC[C@H]2C[C@@H](NC(=O)C2CCC2)c2ccccn2)cc1. The van der Waals surface area contributed by atoms with E-state index in [1.54, 1.807) is 7.11 Å². The number of carbonyl (C=O) groups is 1. The number of nitrogens with one attached hydrogen (secondary N) is 1. The normalized spacial score (nSPS) is 20.9. The van der Waals surface area contributed by atoms with Gasteiger partial charge in [0, 0.05) is 24.7 Å². The number of methoxy groups -OCH3 is 1. The highest BCUT2D eigenvalue weighted by Crippen LogP contribution is 2.30. The molecule has 1 saturated carbocycles. The third-order valence-corrected chi connectivity index (χ3v) is 6.64. The maximum absolute atomic E-state index is 12.7. The molecule has 1 amide bonds. The van der Waals surface area contributed by atoms with Crippen LogP contribution in [-0.2, 0) is 11.3 Å². The van der Waals surface area contributed by atoms with Crippen LogP contribution >= 0.6 is 0 Å². The number of aromatic nitrogens is 1. The largest absolute Gasteiger partial charge is 0.497 e. The molecule has 0 unspecified atom stereocenters. The quantitative estimate of drug-likeness (QED) is 0.700. The van der Waals surface area contributed by atoms with Crippen molar-refractivity contribution in [2.75, 3.05) is 13.7 Å². The average Bonchev–Trinajstić information content (AvgIpc) is 2.74. The van der Waals surface area contributed by atoms with Gasteiger partial charge in [-0.15, -0.1) is 0 Å². The molecule has 5 nitrogen and oxygen atoms in total. The second kappa shape index (κ2) is 10.1. The van der Waals surface area contributed by atoms with E-state index < -0.39 is 0 Å². The predicted octanol–water partition coefficient (Wildman–Crippen LogP) is 4.49. The Labute approximate surface area is 179 Å². The number of likely N-dealkylation sites (tertiary alicyclic amines) is 1. The zero-order valence-corrected chi connectivity index (χ0v) is 17.9. The summed E-state index contributed by atoms with van der Waals surface area (Å²) in [6, 6.07) is 14.8. The lowest BCUT2D eigenvalue weighted by molar-refractivity contribution is -0.128. The summed E-state index contributed by atoms with van der Waals surface area (Å²) in [5.41, 5.74) is 2.27. The van der Waals surface area contributed by atoms with E-state index in [2.05, 4.69) is 27.3 Å². The smallest absolute Gasteiger partial charge is 0.223 e. The summed E-state index contributed by atoms with van der Waals surface area (Å²) in [5, 5.41) is 3.34. The van der Waals surface area contributed by atoms with Crippen LogP contribution in [0.3, 0.4) is 0 Å². The lowest BCUT2D eigenvalue weighted by Gasteiger charge is -2.38. The maximum atomic E-state index is 12.7. The maximum Gasteiger partial charge on any atom is 0.223 e. The number of carbonyl (C=O) groups excluding carboxylic acids is 1. The third kappa shape index (κ3) is 5.20. The predicted molar refractivity (Wildman–Crippen MR) is 118 cm³/mol. The van der Waals surface area contributed by atoms with Crippen molar-refractivity contribution in [1.82, 2.24) is 15.2 Å². The molecular weight excluding hydrogens is 374 g/mol. The van der Waals surface area contributed by atoms with Crippen LogP contribution in [0.4, 0.5) is 0 Å². The van der Waals surface area contributed by atoms with E-state index in [0.717, 1.165) is 43.8 Å². The van der Waals surface area contributed by atoms with E-state index in [-0.39, 0.29) is 17.9 Å². The third-order valence-electron chi connectivity index (χ3n) is 6.64. The van der Waals surface area contributed by atoms with E-state index >= 15 is 0 Å². The first-order valence-corrected chi connectivity index (χ1v) is 11.3. The van der Waals surface area contributed by atoms with Crippen molar-refractivity contribution in [3.63, 3.8) is 0 Å². The van der Waals surface area contributed by atoms with Crippen LogP contribution in [0.15, 0.2) is 48.7 Å². The number of pyridine rings is 1. The fourth-order valence-electron chi connectivity index (χ4n) is 4.57. The Morgan fingerprint density at radius 2 is 1.97 bits per heavy atom. The van der Waals surface area contributed by atoms with E-state index in [4.69, 9.17) is 4.74 Å². The number of benzene rings is 1. The summed E-state index contributed by atoms with van der Waals surface area (Å²) in [6.45, 7) is 2.03. The summed E-state index contributed by atoms with van der Waals surface area (Å²) in [4.78, 5) is 19.9. The molecular formula is C25H33N3O2. The van der Waals surface area contributed by atoms with Gasteiger partial charge in [0.2, 0.25) is 5.91 Å². The van der Waals surface area contributed by atoms with Crippen molar-refractivity contribution >= 4 is 5.91 Å². The molecule has 30 heavy (non-hydrogen) atoms. The lowest BCUT2D eigenvalue weighted by atomic mass is 9.84. The summed E-state index contributed by atoms with van der Waals surface area (Å²) < 4.78 is 5.29. The number of hydrogen-bond acceptors (Lipinski definition) is 4. The molecule has 1 aliphatic carbocycles. The lowest BCUT2D eigenvalue weighted by Crippen LogP contribution is -2.44. The highest BCUT2D eigenvalue weighted by molar-refractivity contribution is 5.79. The van der Waals surface area contributed by atoms with E-state index in [1.807, 2.05) is 36.5 Å². The minimum Gasteiger partial charge on any atom is -0.497 e. The number of ether oxygens (including phenoxy) is 1. The minimum atomic E-state index is -0.0271. The molecule has 2 aromatic rings. The molecule has 1 aromatic heterocycles. The van der Waals surface area contributed by atoms with Crippen LogP contribution in [0.5, 0.6) is 5.75 Å². The van der Waals surface area contributed by atoms with E-state index in [0.29, 0.717) is 6.04 Å². The van der Waals surface area contributed by atoms with Crippen molar-refractivity contribution in [1.29, 1.82) is 0 Å².